The van der Waals surface area contributed by atoms with Gasteiger partial charge in [0.1, 0.15) is 0 Å². The molecule has 18 heavy (non-hydrogen) atoms. The highest BCUT2D eigenvalue weighted by Gasteiger charge is 2.36. The van der Waals surface area contributed by atoms with Crippen molar-refractivity contribution in [2.45, 2.75) is 59.9 Å². The number of nitrogens with one attached hydrogen (secondary N) is 2. The minimum atomic E-state index is 0.547. The van der Waals surface area contributed by atoms with E-state index in [1.165, 1.54) is 19.3 Å². The van der Waals surface area contributed by atoms with Crippen molar-refractivity contribution in [1.29, 1.82) is 0 Å². The van der Waals surface area contributed by atoms with Crippen LogP contribution >= 0.6 is 12.2 Å². The molecule has 0 aromatic rings. The molecule has 0 aliphatic heterocycles. The van der Waals surface area contributed by atoms with Crippen LogP contribution in [0.25, 0.3) is 0 Å². The Kier molecular flexibility index (Phi) is 6.40. The molecule has 1 aliphatic carbocycles. The molecule has 0 saturated heterocycles. The van der Waals surface area contributed by atoms with Crippen LogP contribution in [0, 0.1) is 23.7 Å². The van der Waals surface area contributed by atoms with Crippen LogP contribution in [-0.2, 0) is 0 Å². The third-order valence-corrected chi connectivity index (χ3v) is 4.61. The van der Waals surface area contributed by atoms with Crippen molar-refractivity contribution in [3.63, 3.8) is 0 Å². The molecule has 2 nitrogen and oxygen atoms in total. The van der Waals surface area contributed by atoms with Crippen LogP contribution in [0.5, 0.6) is 0 Å². The van der Waals surface area contributed by atoms with E-state index >= 15 is 0 Å². The second-order valence-electron chi connectivity index (χ2n) is 6.28. The summed E-state index contributed by atoms with van der Waals surface area (Å²) in [4.78, 5) is 0. The molecule has 3 heteroatoms. The Morgan fingerprint density at radius 3 is 2.00 bits per heavy atom. The maximum Gasteiger partial charge on any atom is 0.166 e. The van der Waals surface area contributed by atoms with E-state index in [4.69, 9.17) is 12.2 Å². The van der Waals surface area contributed by atoms with Crippen molar-refractivity contribution < 1.29 is 0 Å². The van der Waals surface area contributed by atoms with Gasteiger partial charge in [-0.05, 0) is 55.7 Å². The van der Waals surface area contributed by atoms with Crippen LogP contribution in [0.15, 0.2) is 0 Å². The molecule has 0 heterocycles. The predicted molar refractivity (Wildman–Crippen MR) is 83.7 cm³/mol. The topological polar surface area (TPSA) is 24.1 Å². The molecule has 2 N–H and O–H groups in total. The Morgan fingerprint density at radius 2 is 1.61 bits per heavy atom. The van der Waals surface area contributed by atoms with Gasteiger partial charge in [-0.1, -0.05) is 34.1 Å². The molecular formula is C15H30N2S. The number of thiocarbonyl (C=S) groups is 1. The van der Waals surface area contributed by atoms with Gasteiger partial charge in [-0.15, -0.1) is 0 Å². The first-order valence-corrected chi connectivity index (χ1v) is 7.92. The normalized spacial score (nSPS) is 28.5. The average Bonchev–Trinajstić information content (AvgIpc) is 2.28. The van der Waals surface area contributed by atoms with Gasteiger partial charge in [-0.2, -0.15) is 0 Å². The summed E-state index contributed by atoms with van der Waals surface area (Å²) in [6, 6.07) is 0.547. The van der Waals surface area contributed by atoms with E-state index in [0.29, 0.717) is 6.04 Å². The Bertz CT molecular complexity index is 247. The first kappa shape index (κ1) is 15.7. The zero-order valence-corrected chi connectivity index (χ0v) is 13.4. The van der Waals surface area contributed by atoms with E-state index in [0.717, 1.165) is 35.3 Å². The highest BCUT2D eigenvalue weighted by Crippen LogP contribution is 2.37. The first-order chi connectivity index (χ1) is 8.47. The second-order valence-corrected chi connectivity index (χ2v) is 6.68. The zero-order chi connectivity index (χ0) is 13.7. The molecule has 1 aliphatic rings. The van der Waals surface area contributed by atoms with E-state index in [1.807, 2.05) is 0 Å². The molecule has 0 bridgehead atoms. The van der Waals surface area contributed by atoms with Crippen molar-refractivity contribution in [3.05, 3.63) is 0 Å². The van der Waals surface area contributed by atoms with Gasteiger partial charge in [0.25, 0.3) is 0 Å². The summed E-state index contributed by atoms with van der Waals surface area (Å²) in [7, 11) is 0. The molecule has 0 amide bonds. The van der Waals surface area contributed by atoms with Gasteiger partial charge in [-0.3, -0.25) is 0 Å². The van der Waals surface area contributed by atoms with Crippen molar-refractivity contribution >= 4 is 17.3 Å². The van der Waals surface area contributed by atoms with Crippen LogP contribution in [0.1, 0.15) is 53.9 Å². The number of hydrogen-bond acceptors (Lipinski definition) is 1. The third kappa shape index (κ3) is 4.11. The predicted octanol–water partition coefficient (Wildman–Crippen LogP) is 3.57. The van der Waals surface area contributed by atoms with Crippen molar-refractivity contribution in [2.75, 3.05) is 6.54 Å². The average molecular weight is 270 g/mol. The standard InChI is InChI=1S/C15H30N2S/c1-6-16-15(18)17-14-12(10(2)3)8-7-9-13(14)11(4)5/h10-14H,6-9H2,1-5H3,(H2,16,17,18). The van der Waals surface area contributed by atoms with Crippen LogP contribution < -0.4 is 10.6 Å². The van der Waals surface area contributed by atoms with Crippen molar-refractivity contribution in [2.24, 2.45) is 23.7 Å². The lowest BCUT2D eigenvalue weighted by atomic mass is 9.68. The molecule has 0 spiro atoms. The van der Waals surface area contributed by atoms with Crippen molar-refractivity contribution in [3.8, 4) is 0 Å². The van der Waals surface area contributed by atoms with Crippen molar-refractivity contribution in [1.82, 2.24) is 10.6 Å². The fourth-order valence-electron chi connectivity index (χ4n) is 3.34. The van der Waals surface area contributed by atoms with Crippen LogP contribution in [0.3, 0.4) is 0 Å². The minimum Gasteiger partial charge on any atom is -0.363 e. The number of hydrogen-bond donors (Lipinski definition) is 2. The molecule has 106 valence electrons. The molecule has 2 atom stereocenters. The van der Waals surface area contributed by atoms with Gasteiger partial charge in [0.15, 0.2) is 5.11 Å². The molecule has 1 saturated carbocycles. The minimum absolute atomic E-state index is 0.547. The third-order valence-electron chi connectivity index (χ3n) is 4.35. The summed E-state index contributed by atoms with van der Waals surface area (Å²) in [6.07, 6.45) is 4.05. The molecule has 1 fully saturated rings. The highest BCUT2D eigenvalue weighted by atomic mass is 32.1. The SMILES string of the molecule is CCNC(=S)NC1C(C(C)C)CCCC1C(C)C. The second kappa shape index (κ2) is 7.32. The molecule has 0 aromatic carbocycles. The molecular weight excluding hydrogens is 240 g/mol. The molecule has 2 unspecified atom stereocenters. The Hall–Kier alpha value is -0.310. The maximum atomic E-state index is 5.39. The smallest absolute Gasteiger partial charge is 0.166 e. The van der Waals surface area contributed by atoms with Crippen LogP contribution in [-0.4, -0.2) is 17.7 Å². The maximum absolute atomic E-state index is 5.39. The van der Waals surface area contributed by atoms with Gasteiger partial charge in [0.2, 0.25) is 0 Å². The largest absolute Gasteiger partial charge is 0.363 e. The van der Waals surface area contributed by atoms with E-state index in [-0.39, 0.29) is 0 Å². The summed E-state index contributed by atoms with van der Waals surface area (Å²) in [6.45, 7) is 12.4. The highest BCUT2D eigenvalue weighted by molar-refractivity contribution is 7.80. The zero-order valence-electron chi connectivity index (χ0n) is 12.6. The lowest BCUT2D eigenvalue weighted by Gasteiger charge is -2.43. The lowest BCUT2D eigenvalue weighted by molar-refractivity contribution is 0.127. The number of rotatable bonds is 4. The van der Waals surface area contributed by atoms with Gasteiger partial charge in [-0.25, -0.2) is 0 Å². The molecule has 0 radical (unpaired) electrons. The quantitative estimate of drug-likeness (QED) is 0.764. The summed E-state index contributed by atoms with van der Waals surface area (Å²) in [5.41, 5.74) is 0. The monoisotopic (exact) mass is 270 g/mol. The Morgan fingerprint density at radius 1 is 1.11 bits per heavy atom. The van der Waals surface area contributed by atoms with Gasteiger partial charge >= 0.3 is 0 Å². The van der Waals surface area contributed by atoms with E-state index in [2.05, 4.69) is 45.3 Å². The van der Waals surface area contributed by atoms with Crippen LogP contribution in [0.2, 0.25) is 0 Å². The Balaban J connectivity index is 2.76. The molecule has 1 rings (SSSR count). The van der Waals surface area contributed by atoms with Gasteiger partial charge in [0.05, 0.1) is 0 Å². The lowest BCUT2D eigenvalue weighted by Crippen LogP contribution is -2.53. The van der Waals surface area contributed by atoms with Gasteiger partial charge in [0, 0.05) is 12.6 Å². The summed E-state index contributed by atoms with van der Waals surface area (Å²) in [5.74, 6) is 2.97. The fourth-order valence-corrected chi connectivity index (χ4v) is 3.62. The van der Waals surface area contributed by atoms with E-state index in [1.54, 1.807) is 0 Å². The summed E-state index contributed by atoms with van der Waals surface area (Å²) >= 11 is 5.39. The Labute approximate surface area is 118 Å². The first-order valence-electron chi connectivity index (χ1n) is 7.51. The van der Waals surface area contributed by atoms with E-state index < -0.39 is 0 Å². The summed E-state index contributed by atoms with van der Waals surface area (Å²) in [5, 5.41) is 7.67. The van der Waals surface area contributed by atoms with Gasteiger partial charge < -0.3 is 10.6 Å². The van der Waals surface area contributed by atoms with Crippen LogP contribution in [0.4, 0.5) is 0 Å². The summed E-state index contributed by atoms with van der Waals surface area (Å²) < 4.78 is 0. The molecule has 0 aromatic heterocycles. The fraction of sp³-hybridized carbons (Fsp3) is 0.933. The van der Waals surface area contributed by atoms with E-state index in [9.17, 15) is 0 Å².